The first kappa shape index (κ1) is 11.3. The minimum atomic E-state index is -0.838. The van der Waals surface area contributed by atoms with E-state index in [1.54, 1.807) is 30.0 Å². The highest BCUT2D eigenvalue weighted by Crippen LogP contribution is 2.16. The number of pyridine rings is 1. The van der Waals surface area contributed by atoms with Crippen molar-refractivity contribution in [2.75, 3.05) is 0 Å². The van der Waals surface area contributed by atoms with Crippen LogP contribution in [0.1, 0.15) is 12.2 Å². The maximum absolute atomic E-state index is 10.6. The maximum Gasteiger partial charge on any atom is 0.305 e. The van der Waals surface area contributed by atoms with E-state index in [-0.39, 0.29) is 6.42 Å². The summed E-state index contributed by atoms with van der Waals surface area (Å²) in [6, 6.07) is 3.68. The topological polar surface area (TPSA) is 80.9 Å². The molecular weight excluding hydrogens is 220 g/mol. The molecule has 0 unspecified atom stereocenters. The average Bonchev–Trinajstić information content (AvgIpc) is 2.69. The minimum absolute atomic E-state index is 0.0478. The van der Waals surface area contributed by atoms with Crippen molar-refractivity contribution in [3.63, 3.8) is 0 Å². The van der Waals surface area contributed by atoms with Gasteiger partial charge in [-0.15, -0.1) is 10.2 Å². The summed E-state index contributed by atoms with van der Waals surface area (Å²) in [5.41, 5.74) is 0.832. The molecule has 2 aromatic heterocycles. The van der Waals surface area contributed by atoms with Crippen LogP contribution < -0.4 is 0 Å². The first-order chi connectivity index (χ1) is 8.18. The molecule has 0 saturated heterocycles. The van der Waals surface area contributed by atoms with E-state index in [1.165, 1.54) is 0 Å². The van der Waals surface area contributed by atoms with Gasteiger partial charge in [0.15, 0.2) is 5.82 Å². The van der Waals surface area contributed by atoms with Crippen LogP contribution in [-0.2, 0) is 11.3 Å². The molecule has 0 aliphatic heterocycles. The van der Waals surface area contributed by atoms with Crippen molar-refractivity contribution in [3.05, 3.63) is 30.4 Å². The molecule has 0 amide bonds. The van der Waals surface area contributed by atoms with Crippen molar-refractivity contribution in [1.82, 2.24) is 19.7 Å². The quantitative estimate of drug-likeness (QED) is 0.854. The van der Waals surface area contributed by atoms with Gasteiger partial charge in [-0.05, 0) is 19.1 Å². The predicted molar refractivity (Wildman–Crippen MR) is 60.2 cm³/mol. The summed E-state index contributed by atoms with van der Waals surface area (Å²) < 4.78 is 1.78. The fraction of sp³-hybridized carbons (Fsp3) is 0.273. The second-order valence-corrected chi connectivity index (χ2v) is 3.61. The molecule has 2 rings (SSSR count). The fourth-order valence-corrected chi connectivity index (χ4v) is 1.56. The second kappa shape index (κ2) is 4.73. The smallest absolute Gasteiger partial charge is 0.305 e. The summed E-state index contributed by atoms with van der Waals surface area (Å²) in [5, 5.41) is 16.7. The summed E-state index contributed by atoms with van der Waals surface area (Å²) in [6.45, 7) is 2.16. The number of aromatic nitrogens is 4. The van der Waals surface area contributed by atoms with Crippen LogP contribution in [0.5, 0.6) is 0 Å². The molecule has 1 N–H and O–H groups in total. The largest absolute Gasteiger partial charge is 0.481 e. The normalized spacial score (nSPS) is 10.4. The number of hydrogen-bond donors (Lipinski definition) is 1. The van der Waals surface area contributed by atoms with Gasteiger partial charge in [-0.25, -0.2) is 0 Å². The Morgan fingerprint density at radius 3 is 2.94 bits per heavy atom. The lowest BCUT2D eigenvalue weighted by molar-refractivity contribution is -0.137. The molecule has 6 nitrogen and oxygen atoms in total. The molecular formula is C11H12N4O2. The van der Waals surface area contributed by atoms with E-state index in [0.717, 1.165) is 5.56 Å². The molecule has 0 fully saturated rings. The van der Waals surface area contributed by atoms with Gasteiger partial charge in [-0.2, -0.15) is 0 Å². The van der Waals surface area contributed by atoms with Gasteiger partial charge < -0.3 is 9.67 Å². The van der Waals surface area contributed by atoms with Crippen LogP contribution >= 0.6 is 0 Å². The van der Waals surface area contributed by atoms with Crippen LogP contribution in [0.25, 0.3) is 11.4 Å². The molecule has 2 heterocycles. The third-order valence-electron chi connectivity index (χ3n) is 2.40. The lowest BCUT2D eigenvalue weighted by Crippen LogP contribution is -2.07. The Hall–Kier alpha value is -2.24. The van der Waals surface area contributed by atoms with E-state index in [0.29, 0.717) is 18.2 Å². The Kier molecular flexibility index (Phi) is 3.13. The monoisotopic (exact) mass is 232 g/mol. The Morgan fingerprint density at radius 2 is 2.29 bits per heavy atom. The van der Waals surface area contributed by atoms with E-state index < -0.39 is 5.97 Å². The van der Waals surface area contributed by atoms with Crippen molar-refractivity contribution in [2.24, 2.45) is 0 Å². The van der Waals surface area contributed by atoms with Gasteiger partial charge >= 0.3 is 5.97 Å². The van der Waals surface area contributed by atoms with Crippen LogP contribution in [-0.4, -0.2) is 30.8 Å². The molecule has 0 aliphatic carbocycles. The Bertz CT molecular complexity index is 522. The molecule has 0 saturated carbocycles. The summed E-state index contributed by atoms with van der Waals surface area (Å²) in [5.74, 6) is 0.511. The van der Waals surface area contributed by atoms with Gasteiger partial charge in [0.2, 0.25) is 0 Å². The lowest BCUT2D eigenvalue weighted by Gasteiger charge is -2.06. The van der Waals surface area contributed by atoms with Gasteiger partial charge in [-0.3, -0.25) is 9.78 Å². The van der Waals surface area contributed by atoms with Crippen molar-refractivity contribution in [2.45, 2.75) is 19.9 Å². The highest BCUT2D eigenvalue weighted by atomic mass is 16.4. The van der Waals surface area contributed by atoms with Gasteiger partial charge in [0.1, 0.15) is 5.82 Å². The minimum Gasteiger partial charge on any atom is -0.481 e. The molecule has 0 bridgehead atoms. The number of hydrogen-bond acceptors (Lipinski definition) is 4. The zero-order valence-corrected chi connectivity index (χ0v) is 9.37. The van der Waals surface area contributed by atoms with Crippen LogP contribution in [0.3, 0.4) is 0 Å². The number of rotatable bonds is 4. The lowest BCUT2D eigenvalue weighted by atomic mass is 10.2. The van der Waals surface area contributed by atoms with Crippen molar-refractivity contribution < 1.29 is 9.90 Å². The van der Waals surface area contributed by atoms with E-state index >= 15 is 0 Å². The number of carboxylic acid groups (broad SMARTS) is 1. The Labute approximate surface area is 98.0 Å². The molecule has 88 valence electrons. The molecule has 0 aromatic carbocycles. The van der Waals surface area contributed by atoms with Gasteiger partial charge in [-0.1, -0.05) is 0 Å². The van der Waals surface area contributed by atoms with Gasteiger partial charge in [0.05, 0.1) is 6.42 Å². The van der Waals surface area contributed by atoms with Crippen LogP contribution in [0.15, 0.2) is 24.5 Å². The van der Waals surface area contributed by atoms with Crippen LogP contribution in [0.4, 0.5) is 0 Å². The second-order valence-electron chi connectivity index (χ2n) is 3.61. The van der Waals surface area contributed by atoms with E-state index in [1.807, 2.05) is 6.07 Å². The number of nitrogens with zero attached hydrogens (tertiary/aromatic N) is 4. The van der Waals surface area contributed by atoms with Gasteiger partial charge in [0, 0.05) is 24.5 Å². The number of carboxylic acids is 1. The Balaban J connectivity index is 2.32. The summed E-state index contributed by atoms with van der Waals surface area (Å²) in [4.78, 5) is 14.6. The Morgan fingerprint density at radius 1 is 1.47 bits per heavy atom. The van der Waals surface area contributed by atoms with E-state index in [4.69, 9.17) is 5.11 Å². The SMILES string of the molecule is Cc1nnc(-c2cccnc2)n1CCC(=O)O. The molecule has 6 heteroatoms. The third-order valence-corrected chi connectivity index (χ3v) is 2.40. The molecule has 0 spiro atoms. The van der Waals surface area contributed by atoms with Crippen molar-refractivity contribution in [3.8, 4) is 11.4 Å². The van der Waals surface area contributed by atoms with E-state index in [9.17, 15) is 4.79 Å². The van der Waals surface area contributed by atoms with Crippen LogP contribution in [0.2, 0.25) is 0 Å². The van der Waals surface area contributed by atoms with Crippen molar-refractivity contribution in [1.29, 1.82) is 0 Å². The highest BCUT2D eigenvalue weighted by Gasteiger charge is 2.11. The van der Waals surface area contributed by atoms with E-state index in [2.05, 4.69) is 15.2 Å². The van der Waals surface area contributed by atoms with Gasteiger partial charge in [0.25, 0.3) is 0 Å². The third kappa shape index (κ3) is 2.47. The predicted octanol–water partition coefficient (Wildman–Crippen LogP) is 1.12. The highest BCUT2D eigenvalue weighted by molar-refractivity contribution is 5.66. The standard InChI is InChI=1S/C11H12N4O2/c1-8-13-14-11(9-3-2-5-12-7-9)15(8)6-4-10(16)17/h2-3,5,7H,4,6H2,1H3,(H,16,17). The summed E-state index contributed by atoms with van der Waals surface area (Å²) in [6.07, 6.45) is 3.40. The first-order valence-corrected chi connectivity index (χ1v) is 5.20. The number of aliphatic carboxylic acids is 1. The average molecular weight is 232 g/mol. The molecule has 0 radical (unpaired) electrons. The summed E-state index contributed by atoms with van der Waals surface area (Å²) in [7, 11) is 0. The molecule has 0 atom stereocenters. The van der Waals surface area contributed by atoms with Crippen LogP contribution in [0, 0.1) is 6.92 Å². The molecule has 2 aromatic rings. The fourth-order valence-electron chi connectivity index (χ4n) is 1.56. The maximum atomic E-state index is 10.6. The number of carbonyl (C=O) groups is 1. The summed E-state index contributed by atoms with van der Waals surface area (Å²) >= 11 is 0. The molecule has 17 heavy (non-hydrogen) atoms. The first-order valence-electron chi connectivity index (χ1n) is 5.20. The number of aryl methyl sites for hydroxylation is 1. The zero-order valence-electron chi connectivity index (χ0n) is 9.37. The van der Waals surface area contributed by atoms with Crippen molar-refractivity contribution >= 4 is 5.97 Å². The molecule has 0 aliphatic rings. The zero-order chi connectivity index (χ0) is 12.3.